The highest BCUT2D eigenvalue weighted by Gasteiger charge is 2.10. The Morgan fingerprint density at radius 3 is 2.89 bits per heavy atom. The van der Waals surface area contributed by atoms with Crippen LogP contribution >= 0.6 is 11.6 Å². The van der Waals surface area contributed by atoms with E-state index < -0.39 is 0 Å². The molecule has 2 rings (SSSR count). The molecule has 0 amide bonds. The lowest BCUT2D eigenvalue weighted by atomic mass is 10.1. The van der Waals surface area contributed by atoms with Crippen LogP contribution in [0.25, 0.3) is 10.9 Å². The SMILES string of the molecule is CCOCCn1cc(CC(C)N)c2ccc(Cl)cc21. The molecular formula is C15H21ClN2O. The predicted molar refractivity (Wildman–Crippen MR) is 80.8 cm³/mol. The first-order valence-electron chi connectivity index (χ1n) is 6.72. The normalized spacial score (nSPS) is 13.1. The molecule has 2 aromatic rings. The molecule has 0 aliphatic heterocycles. The zero-order valence-electron chi connectivity index (χ0n) is 11.5. The summed E-state index contributed by atoms with van der Waals surface area (Å²) in [4.78, 5) is 0. The van der Waals surface area contributed by atoms with Crippen molar-refractivity contribution in [1.29, 1.82) is 0 Å². The third kappa shape index (κ3) is 3.50. The van der Waals surface area contributed by atoms with Gasteiger partial charge in [0.15, 0.2) is 0 Å². The summed E-state index contributed by atoms with van der Waals surface area (Å²) < 4.78 is 7.63. The molecule has 1 heterocycles. The summed E-state index contributed by atoms with van der Waals surface area (Å²) in [5.41, 5.74) is 8.35. The van der Waals surface area contributed by atoms with E-state index in [-0.39, 0.29) is 6.04 Å². The number of halogens is 1. The van der Waals surface area contributed by atoms with Gasteiger partial charge in [0.2, 0.25) is 0 Å². The van der Waals surface area contributed by atoms with Gasteiger partial charge in [0.05, 0.1) is 6.61 Å². The monoisotopic (exact) mass is 280 g/mol. The molecule has 0 bridgehead atoms. The van der Waals surface area contributed by atoms with Crippen LogP contribution in [0, 0.1) is 0 Å². The number of nitrogens with two attached hydrogens (primary N) is 1. The third-order valence-electron chi connectivity index (χ3n) is 3.15. The van der Waals surface area contributed by atoms with Crippen LogP contribution in [0.4, 0.5) is 0 Å². The Labute approximate surface area is 119 Å². The third-order valence-corrected chi connectivity index (χ3v) is 3.38. The molecule has 0 aliphatic rings. The van der Waals surface area contributed by atoms with Crippen molar-refractivity contribution in [3.05, 3.63) is 35.0 Å². The van der Waals surface area contributed by atoms with E-state index in [2.05, 4.69) is 16.8 Å². The Balaban J connectivity index is 2.35. The van der Waals surface area contributed by atoms with Gasteiger partial charge >= 0.3 is 0 Å². The maximum absolute atomic E-state index is 6.10. The van der Waals surface area contributed by atoms with E-state index in [9.17, 15) is 0 Å². The number of aromatic nitrogens is 1. The van der Waals surface area contributed by atoms with Gasteiger partial charge in [0.25, 0.3) is 0 Å². The molecule has 2 N–H and O–H groups in total. The molecule has 1 aromatic heterocycles. The summed E-state index contributed by atoms with van der Waals surface area (Å²) in [5.74, 6) is 0. The van der Waals surface area contributed by atoms with Crippen LogP contribution in [0.5, 0.6) is 0 Å². The summed E-state index contributed by atoms with van der Waals surface area (Å²) in [7, 11) is 0. The largest absolute Gasteiger partial charge is 0.380 e. The zero-order chi connectivity index (χ0) is 13.8. The standard InChI is InChI=1S/C15H21ClN2O/c1-3-19-7-6-18-10-12(8-11(2)17)14-5-4-13(16)9-15(14)18/h4-5,9-11H,3,6-8,17H2,1-2H3. The molecule has 0 aliphatic carbocycles. The van der Waals surface area contributed by atoms with E-state index >= 15 is 0 Å². The molecule has 0 saturated carbocycles. The summed E-state index contributed by atoms with van der Waals surface area (Å²) in [5, 5.41) is 1.99. The highest BCUT2D eigenvalue weighted by Crippen LogP contribution is 2.25. The quantitative estimate of drug-likeness (QED) is 0.826. The average Bonchev–Trinajstić information content (AvgIpc) is 2.67. The van der Waals surface area contributed by atoms with Crippen LogP contribution in [-0.4, -0.2) is 23.8 Å². The number of rotatable bonds is 6. The molecule has 0 fully saturated rings. The topological polar surface area (TPSA) is 40.2 Å². The first-order chi connectivity index (χ1) is 9.11. The van der Waals surface area contributed by atoms with Gasteiger partial charge in [-0.05, 0) is 38.0 Å². The van der Waals surface area contributed by atoms with Crippen LogP contribution in [0.2, 0.25) is 5.02 Å². The van der Waals surface area contributed by atoms with Gasteiger partial charge in [-0.3, -0.25) is 0 Å². The molecular weight excluding hydrogens is 260 g/mol. The lowest BCUT2D eigenvalue weighted by Crippen LogP contribution is -2.17. The first-order valence-corrected chi connectivity index (χ1v) is 7.10. The molecule has 104 valence electrons. The van der Waals surface area contributed by atoms with Gasteiger partial charge in [-0.1, -0.05) is 17.7 Å². The van der Waals surface area contributed by atoms with Crippen molar-refractivity contribution < 1.29 is 4.74 Å². The van der Waals surface area contributed by atoms with E-state index in [4.69, 9.17) is 22.1 Å². The van der Waals surface area contributed by atoms with Crippen LogP contribution in [0.1, 0.15) is 19.4 Å². The lowest BCUT2D eigenvalue weighted by Gasteiger charge is -2.05. The number of nitrogens with zero attached hydrogens (tertiary/aromatic N) is 1. The van der Waals surface area contributed by atoms with Crippen LogP contribution < -0.4 is 5.73 Å². The van der Waals surface area contributed by atoms with Gasteiger partial charge in [-0.15, -0.1) is 0 Å². The highest BCUT2D eigenvalue weighted by molar-refractivity contribution is 6.31. The molecule has 4 heteroatoms. The fourth-order valence-electron chi connectivity index (χ4n) is 2.34. The minimum absolute atomic E-state index is 0.154. The van der Waals surface area contributed by atoms with Crippen molar-refractivity contribution >= 4 is 22.5 Å². The smallest absolute Gasteiger partial charge is 0.0645 e. The Bertz CT molecular complexity index is 548. The van der Waals surface area contributed by atoms with Gasteiger partial charge in [-0.2, -0.15) is 0 Å². The number of benzene rings is 1. The van der Waals surface area contributed by atoms with Gasteiger partial charge in [0.1, 0.15) is 0 Å². The molecule has 1 atom stereocenters. The van der Waals surface area contributed by atoms with Gasteiger partial charge in [0, 0.05) is 41.3 Å². The molecule has 1 unspecified atom stereocenters. The molecule has 1 aromatic carbocycles. The molecule has 0 saturated heterocycles. The second-order valence-corrected chi connectivity index (χ2v) is 5.32. The van der Waals surface area contributed by atoms with Gasteiger partial charge in [-0.25, -0.2) is 0 Å². The fourth-order valence-corrected chi connectivity index (χ4v) is 2.51. The van der Waals surface area contributed by atoms with E-state index in [1.165, 1.54) is 10.9 Å². The van der Waals surface area contributed by atoms with Crippen molar-refractivity contribution in [2.75, 3.05) is 13.2 Å². The highest BCUT2D eigenvalue weighted by atomic mass is 35.5. The number of hydrogen-bond acceptors (Lipinski definition) is 2. The van der Waals surface area contributed by atoms with Crippen molar-refractivity contribution in [3.63, 3.8) is 0 Å². The van der Waals surface area contributed by atoms with E-state index in [0.29, 0.717) is 6.61 Å². The Morgan fingerprint density at radius 2 is 2.21 bits per heavy atom. The number of ether oxygens (including phenoxy) is 1. The Morgan fingerprint density at radius 1 is 1.42 bits per heavy atom. The molecule has 3 nitrogen and oxygen atoms in total. The fraction of sp³-hybridized carbons (Fsp3) is 0.467. The minimum atomic E-state index is 0.154. The molecule has 19 heavy (non-hydrogen) atoms. The van der Waals surface area contributed by atoms with Crippen LogP contribution in [0.3, 0.4) is 0 Å². The predicted octanol–water partition coefficient (Wildman–Crippen LogP) is 3.22. The van der Waals surface area contributed by atoms with Gasteiger partial charge < -0.3 is 15.0 Å². The van der Waals surface area contributed by atoms with Crippen molar-refractivity contribution in [2.45, 2.75) is 32.9 Å². The maximum atomic E-state index is 6.10. The zero-order valence-corrected chi connectivity index (χ0v) is 12.3. The summed E-state index contributed by atoms with van der Waals surface area (Å²) in [6.45, 7) is 6.33. The Hall–Kier alpha value is -1.03. The minimum Gasteiger partial charge on any atom is -0.380 e. The molecule has 0 radical (unpaired) electrons. The number of hydrogen-bond donors (Lipinski definition) is 1. The first kappa shape index (κ1) is 14.4. The second kappa shape index (κ2) is 6.42. The summed E-state index contributed by atoms with van der Waals surface area (Å²) in [6.07, 6.45) is 3.04. The molecule has 0 spiro atoms. The van der Waals surface area contributed by atoms with Crippen molar-refractivity contribution in [1.82, 2.24) is 4.57 Å². The Kier molecular flexibility index (Phi) is 4.86. The van der Waals surface area contributed by atoms with Crippen molar-refractivity contribution in [3.8, 4) is 0 Å². The second-order valence-electron chi connectivity index (χ2n) is 4.89. The van der Waals surface area contributed by atoms with E-state index in [0.717, 1.165) is 30.1 Å². The number of fused-ring (bicyclic) bond motifs is 1. The summed E-state index contributed by atoms with van der Waals surface area (Å²) in [6, 6.07) is 6.17. The lowest BCUT2D eigenvalue weighted by molar-refractivity contribution is 0.140. The summed E-state index contributed by atoms with van der Waals surface area (Å²) >= 11 is 6.10. The van der Waals surface area contributed by atoms with Crippen LogP contribution in [-0.2, 0) is 17.7 Å². The average molecular weight is 281 g/mol. The van der Waals surface area contributed by atoms with E-state index in [1.54, 1.807) is 0 Å². The maximum Gasteiger partial charge on any atom is 0.0645 e. The van der Waals surface area contributed by atoms with Crippen molar-refractivity contribution in [2.24, 2.45) is 5.73 Å². The van der Waals surface area contributed by atoms with E-state index in [1.807, 2.05) is 26.0 Å². The van der Waals surface area contributed by atoms with Crippen LogP contribution in [0.15, 0.2) is 24.4 Å².